The number of aryl methyl sites for hydroxylation is 3. The highest BCUT2D eigenvalue weighted by Crippen LogP contribution is 2.32. The molecule has 2 rings (SSSR count). The Bertz CT molecular complexity index is 526. The summed E-state index contributed by atoms with van der Waals surface area (Å²) in [6.45, 7) is 4.27. The van der Waals surface area contributed by atoms with Gasteiger partial charge in [0.05, 0.1) is 5.69 Å². The molecule has 2 N–H and O–H groups in total. The number of hydrogen-bond donors (Lipinski definition) is 1. The van der Waals surface area contributed by atoms with Gasteiger partial charge in [-0.2, -0.15) is 5.10 Å². The van der Waals surface area contributed by atoms with Gasteiger partial charge in [0.2, 0.25) is 0 Å². The van der Waals surface area contributed by atoms with Gasteiger partial charge < -0.3 is 5.73 Å². The molecule has 0 saturated carbocycles. The largest absolute Gasteiger partial charge is 0.383 e. The molecule has 90 valence electrons. The van der Waals surface area contributed by atoms with Crippen molar-refractivity contribution in [2.24, 2.45) is 7.05 Å². The summed E-state index contributed by atoms with van der Waals surface area (Å²) in [7, 11) is 1.90. The average molecular weight is 229 g/mol. The fraction of sp³-hybridized carbons (Fsp3) is 0.357. The summed E-state index contributed by atoms with van der Waals surface area (Å²) in [4.78, 5) is 0. The van der Waals surface area contributed by atoms with Crippen LogP contribution in [0, 0.1) is 6.92 Å². The van der Waals surface area contributed by atoms with Gasteiger partial charge in [0.1, 0.15) is 5.82 Å². The molecule has 3 nitrogen and oxygen atoms in total. The van der Waals surface area contributed by atoms with E-state index in [0.29, 0.717) is 0 Å². The van der Waals surface area contributed by atoms with Crippen molar-refractivity contribution in [2.75, 3.05) is 5.73 Å². The van der Waals surface area contributed by atoms with E-state index in [1.54, 1.807) is 4.68 Å². The second kappa shape index (κ2) is 4.62. The van der Waals surface area contributed by atoms with E-state index in [1.165, 1.54) is 11.1 Å². The lowest BCUT2D eigenvalue weighted by atomic mass is 9.99. The number of hydrogen-bond acceptors (Lipinski definition) is 2. The van der Waals surface area contributed by atoms with E-state index in [1.807, 2.05) is 19.2 Å². The monoisotopic (exact) mass is 229 g/mol. The van der Waals surface area contributed by atoms with Gasteiger partial charge in [-0.05, 0) is 24.5 Å². The fourth-order valence-electron chi connectivity index (χ4n) is 2.15. The number of benzene rings is 1. The summed E-state index contributed by atoms with van der Waals surface area (Å²) in [6, 6.07) is 8.31. The minimum absolute atomic E-state index is 0.753. The van der Waals surface area contributed by atoms with Gasteiger partial charge in [-0.1, -0.05) is 37.6 Å². The SMILES string of the molecule is CCCc1nn(C)c(N)c1-c1ccccc1C. The van der Waals surface area contributed by atoms with Crippen molar-refractivity contribution < 1.29 is 0 Å². The molecule has 1 aromatic heterocycles. The predicted molar refractivity (Wildman–Crippen MR) is 71.8 cm³/mol. The van der Waals surface area contributed by atoms with Crippen molar-refractivity contribution in [3.05, 3.63) is 35.5 Å². The van der Waals surface area contributed by atoms with Gasteiger partial charge >= 0.3 is 0 Å². The molecule has 0 aliphatic rings. The third-order valence-electron chi connectivity index (χ3n) is 3.07. The van der Waals surface area contributed by atoms with Crippen LogP contribution in [0.1, 0.15) is 24.6 Å². The molecule has 0 atom stereocenters. The van der Waals surface area contributed by atoms with Crippen molar-refractivity contribution >= 4 is 5.82 Å². The van der Waals surface area contributed by atoms with E-state index < -0.39 is 0 Å². The van der Waals surface area contributed by atoms with Crippen LogP contribution in [0.3, 0.4) is 0 Å². The van der Waals surface area contributed by atoms with Crippen LogP contribution in [-0.4, -0.2) is 9.78 Å². The lowest BCUT2D eigenvalue weighted by Crippen LogP contribution is -1.98. The molecule has 0 bridgehead atoms. The van der Waals surface area contributed by atoms with E-state index in [0.717, 1.165) is 29.9 Å². The molecule has 3 heteroatoms. The molecule has 0 radical (unpaired) electrons. The van der Waals surface area contributed by atoms with E-state index in [-0.39, 0.29) is 0 Å². The van der Waals surface area contributed by atoms with Crippen LogP contribution in [0.5, 0.6) is 0 Å². The quantitative estimate of drug-likeness (QED) is 0.879. The second-order valence-corrected chi connectivity index (χ2v) is 4.40. The van der Waals surface area contributed by atoms with Crippen LogP contribution in [0.2, 0.25) is 0 Å². The highest BCUT2D eigenvalue weighted by atomic mass is 15.3. The maximum absolute atomic E-state index is 6.14. The van der Waals surface area contributed by atoms with E-state index in [9.17, 15) is 0 Å². The number of rotatable bonds is 3. The van der Waals surface area contributed by atoms with Gasteiger partial charge in [0, 0.05) is 12.6 Å². The molecule has 0 fully saturated rings. The topological polar surface area (TPSA) is 43.8 Å². The molecule has 1 heterocycles. The summed E-state index contributed by atoms with van der Waals surface area (Å²) in [5.41, 5.74) is 10.8. The minimum Gasteiger partial charge on any atom is -0.383 e. The fourth-order valence-corrected chi connectivity index (χ4v) is 2.15. The summed E-state index contributed by atoms with van der Waals surface area (Å²) in [5, 5.41) is 4.51. The Morgan fingerprint density at radius 1 is 1.29 bits per heavy atom. The molecule has 0 aliphatic heterocycles. The first-order valence-electron chi connectivity index (χ1n) is 6.02. The van der Waals surface area contributed by atoms with Crippen molar-refractivity contribution in [1.82, 2.24) is 9.78 Å². The summed E-state index contributed by atoms with van der Waals surface area (Å²) < 4.78 is 1.77. The number of nitrogens with two attached hydrogens (primary N) is 1. The summed E-state index contributed by atoms with van der Waals surface area (Å²) >= 11 is 0. The van der Waals surface area contributed by atoms with Crippen molar-refractivity contribution in [2.45, 2.75) is 26.7 Å². The normalized spacial score (nSPS) is 10.8. The molecule has 0 aliphatic carbocycles. The highest BCUT2D eigenvalue weighted by molar-refractivity contribution is 5.78. The van der Waals surface area contributed by atoms with Crippen LogP contribution in [0.4, 0.5) is 5.82 Å². The first kappa shape index (κ1) is 11.7. The van der Waals surface area contributed by atoms with Crippen LogP contribution < -0.4 is 5.73 Å². The number of nitrogens with zero attached hydrogens (tertiary/aromatic N) is 2. The van der Waals surface area contributed by atoms with Crippen LogP contribution >= 0.6 is 0 Å². The van der Waals surface area contributed by atoms with Gasteiger partial charge in [0.15, 0.2) is 0 Å². The molecule has 2 aromatic rings. The Labute approximate surface area is 102 Å². The van der Waals surface area contributed by atoms with Gasteiger partial charge in [0.25, 0.3) is 0 Å². The first-order valence-corrected chi connectivity index (χ1v) is 6.02. The van der Waals surface area contributed by atoms with E-state index >= 15 is 0 Å². The molecular formula is C14H19N3. The lowest BCUT2D eigenvalue weighted by Gasteiger charge is -2.06. The van der Waals surface area contributed by atoms with Crippen molar-refractivity contribution in [3.63, 3.8) is 0 Å². The second-order valence-electron chi connectivity index (χ2n) is 4.40. The molecule has 0 amide bonds. The molecule has 0 unspecified atom stereocenters. The number of anilines is 1. The lowest BCUT2D eigenvalue weighted by molar-refractivity contribution is 0.741. The Kier molecular flexibility index (Phi) is 3.18. The molecule has 0 saturated heterocycles. The Hall–Kier alpha value is -1.77. The van der Waals surface area contributed by atoms with Gasteiger partial charge in [-0.15, -0.1) is 0 Å². The Balaban J connectivity index is 2.61. The Morgan fingerprint density at radius 2 is 2.00 bits per heavy atom. The predicted octanol–water partition coefficient (Wildman–Crippen LogP) is 2.93. The smallest absolute Gasteiger partial charge is 0.129 e. The van der Waals surface area contributed by atoms with Crippen LogP contribution in [-0.2, 0) is 13.5 Å². The third-order valence-corrected chi connectivity index (χ3v) is 3.07. The van der Waals surface area contributed by atoms with Gasteiger partial charge in [-0.25, -0.2) is 0 Å². The zero-order chi connectivity index (χ0) is 12.4. The average Bonchev–Trinajstić information content (AvgIpc) is 2.57. The Morgan fingerprint density at radius 3 is 2.65 bits per heavy atom. The zero-order valence-corrected chi connectivity index (χ0v) is 10.7. The molecule has 1 aromatic carbocycles. The summed E-state index contributed by atoms with van der Waals surface area (Å²) in [6.07, 6.45) is 2.05. The molecular weight excluding hydrogens is 210 g/mol. The number of nitrogen functional groups attached to an aromatic ring is 1. The zero-order valence-electron chi connectivity index (χ0n) is 10.7. The standard InChI is InChI=1S/C14H19N3/c1-4-7-12-13(14(15)17(3)16-12)11-9-6-5-8-10(11)2/h5-6,8-9H,4,7,15H2,1-3H3. The summed E-state index contributed by atoms with van der Waals surface area (Å²) in [5.74, 6) is 0.753. The first-order chi connectivity index (χ1) is 8.15. The number of aromatic nitrogens is 2. The maximum Gasteiger partial charge on any atom is 0.129 e. The maximum atomic E-state index is 6.14. The molecule has 0 spiro atoms. The van der Waals surface area contributed by atoms with Gasteiger partial charge in [-0.3, -0.25) is 4.68 Å². The molecule has 17 heavy (non-hydrogen) atoms. The minimum atomic E-state index is 0.753. The van der Waals surface area contributed by atoms with E-state index in [2.05, 4.69) is 31.1 Å². The van der Waals surface area contributed by atoms with Crippen LogP contribution in [0.25, 0.3) is 11.1 Å². The third kappa shape index (κ3) is 2.05. The van der Waals surface area contributed by atoms with Crippen molar-refractivity contribution in [1.29, 1.82) is 0 Å². The van der Waals surface area contributed by atoms with Crippen molar-refractivity contribution in [3.8, 4) is 11.1 Å². The highest BCUT2D eigenvalue weighted by Gasteiger charge is 2.16. The van der Waals surface area contributed by atoms with Crippen LogP contribution in [0.15, 0.2) is 24.3 Å². The van der Waals surface area contributed by atoms with E-state index in [4.69, 9.17) is 5.73 Å².